The molecule has 0 radical (unpaired) electrons. The standard InChI is InChI=1S/C12H14N10O3S2/c1-21-5-13-17-11(21)26-3-7(23)15-9-10(20-25-19-9)16-8(24)4-27-12-18-14-6-22(12)2/h5-6H,3-4H2,1-2H3,(H,15,19,23)(H,16,20,24). The van der Waals surface area contributed by atoms with Gasteiger partial charge in [0.1, 0.15) is 12.7 Å². The van der Waals surface area contributed by atoms with Crippen LogP contribution in [0.5, 0.6) is 0 Å². The Morgan fingerprint density at radius 3 is 1.74 bits per heavy atom. The Kier molecular flexibility index (Phi) is 6.02. The fourth-order valence-corrected chi connectivity index (χ4v) is 3.13. The van der Waals surface area contributed by atoms with Crippen LogP contribution >= 0.6 is 23.5 Å². The molecule has 0 aliphatic rings. The molecule has 0 unspecified atom stereocenters. The Morgan fingerprint density at radius 2 is 1.37 bits per heavy atom. The number of hydrogen-bond acceptors (Lipinski definition) is 11. The van der Waals surface area contributed by atoms with Crippen LogP contribution in [0.3, 0.4) is 0 Å². The quantitative estimate of drug-likeness (QED) is 0.473. The van der Waals surface area contributed by atoms with E-state index in [1.807, 2.05) is 0 Å². The number of thioether (sulfide) groups is 2. The van der Waals surface area contributed by atoms with Gasteiger partial charge in [0.15, 0.2) is 10.3 Å². The van der Waals surface area contributed by atoms with Gasteiger partial charge < -0.3 is 19.8 Å². The van der Waals surface area contributed by atoms with Crippen LogP contribution < -0.4 is 10.6 Å². The minimum Gasteiger partial charge on any atom is -0.312 e. The Morgan fingerprint density at radius 1 is 0.926 bits per heavy atom. The maximum absolute atomic E-state index is 12.0. The molecule has 3 aromatic heterocycles. The highest BCUT2D eigenvalue weighted by Crippen LogP contribution is 2.19. The normalized spacial score (nSPS) is 10.7. The summed E-state index contributed by atoms with van der Waals surface area (Å²) >= 11 is 2.41. The van der Waals surface area contributed by atoms with Crippen LogP contribution in [-0.4, -0.2) is 63.2 Å². The van der Waals surface area contributed by atoms with E-state index in [1.54, 1.807) is 23.2 Å². The van der Waals surface area contributed by atoms with Crippen molar-refractivity contribution in [1.29, 1.82) is 0 Å². The van der Waals surface area contributed by atoms with E-state index in [-0.39, 0.29) is 35.0 Å². The van der Waals surface area contributed by atoms with E-state index in [4.69, 9.17) is 0 Å². The first-order chi connectivity index (χ1) is 13.0. The third-order valence-corrected chi connectivity index (χ3v) is 5.08. The molecule has 0 fully saturated rings. The molecule has 0 aromatic carbocycles. The molecule has 2 amide bonds. The van der Waals surface area contributed by atoms with Crippen molar-refractivity contribution in [3.8, 4) is 0 Å². The highest BCUT2D eigenvalue weighted by molar-refractivity contribution is 8.00. The van der Waals surface area contributed by atoms with Crippen molar-refractivity contribution in [3.05, 3.63) is 12.7 Å². The first-order valence-corrected chi connectivity index (χ1v) is 9.36. The lowest BCUT2D eigenvalue weighted by Gasteiger charge is -2.04. The summed E-state index contributed by atoms with van der Waals surface area (Å²) in [5, 5.41) is 28.6. The second-order valence-corrected chi connectivity index (χ2v) is 6.97. The topological polar surface area (TPSA) is 159 Å². The van der Waals surface area contributed by atoms with Crippen molar-refractivity contribution >= 4 is 47.0 Å². The van der Waals surface area contributed by atoms with Crippen LogP contribution in [0.2, 0.25) is 0 Å². The third kappa shape index (κ3) is 5.04. The van der Waals surface area contributed by atoms with Crippen molar-refractivity contribution in [2.45, 2.75) is 10.3 Å². The molecule has 3 heterocycles. The second-order valence-electron chi connectivity index (χ2n) is 5.08. The lowest BCUT2D eigenvalue weighted by molar-refractivity contribution is -0.114. The Bertz CT molecular complexity index is 863. The number of nitrogens with zero attached hydrogens (tertiary/aromatic N) is 8. The zero-order chi connectivity index (χ0) is 19.2. The minimum absolute atomic E-state index is 0.0237. The lowest BCUT2D eigenvalue weighted by atomic mass is 10.5. The van der Waals surface area contributed by atoms with E-state index in [0.717, 1.165) is 0 Å². The summed E-state index contributed by atoms with van der Waals surface area (Å²) in [5.41, 5.74) is 0. The molecule has 0 spiro atoms. The average molecular weight is 410 g/mol. The number of anilines is 2. The summed E-state index contributed by atoms with van der Waals surface area (Å²) in [6.45, 7) is 0. The molecule has 15 heteroatoms. The number of hydrogen-bond donors (Lipinski definition) is 2. The molecule has 2 N–H and O–H groups in total. The van der Waals surface area contributed by atoms with Gasteiger partial charge in [-0.25, -0.2) is 4.63 Å². The Labute approximate surface area is 160 Å². The number of amides is 2. The summed E-state index contributed by atoms with van der Waals surface area (Å²) in [5.74, 6) is -0.514. The van der Waals surface area contributed by atoms with Crippen LogP contribution in [0.15, 0.2) is 27.6 Å². The molecular formula is C12H14N10O3S2. The molecule has 0 aliphatic heterocycles. The van der Waals surface area contributed by atoms with Crippen molar-refractivity contribution < 1.29 is 14.2 Å². The molecule has 0 saturated carbocycles. The fourth-order valence-electron chi connectivity index (χ4n) is 1.76. The van der Waals surface area contributed by atoms with Gasteiger partial charge in [-0.1, -0.05) is 23.5 Å². The van der Waals surface area contributed by atoms with Crippen LogP contribution in [0, 0.1) is 0 Å². The zero-order valence-corrected chi connectivity index (χ0v) is 15.8. The molecule has 3 rings (SSSR count). The number of aromatic nitrogens is 8. The Balaban J connectivity index is 1.49. The summed E-state index contributed by atoms with van der Waals surface area (Å²) in [7, 11) is 3.54. The van der Waals surface area contributed by atoms with Crippen molar-refractivity contribution in [2.75, 3.05) is 22.1 Å². The first kappa shape index (κ1) is 18.8. The summed E-state index contributed by atoms with van der Waals surface area (Å²) < 4.78 is 7.97. The van der Waals surface area contributed by atoms with Gasteiger partial charge in [-0.3, -0.25) is 9.59 Å². The van der Waals surface area contributed by atoms with E-state index in [1.165, 1.54) is 36.2 Å². The number of aryl methyl sites for hydroxylation is 2. The summed E-state index contributed by atoms with van der Waals surface area (Å²) in [4.78, 5) is 24.1. The maximum atomic E-state index is 12.0. The van der Waals surface area contributed by atoms with E-state index >= 15 is 0 Å². The van der Waals surface area contributed by atoms with Crippen LogP contribution in [-0.2, 0) is 23.7 Å². The Hall–Kier alpha value is -2.94. The van der Waals surface area contributed by atoms with Gasteiger partial charge in [0.05, 0.1) is 11.5 Å². The fraction of sp³-hybridized carbons (Fsp3) is 0.333. The summed E-state index contributed by atoms with van der Waals surface area (Å²) in [6, 6.07) is 0. The monoisotopic (exact) mass is 410 g/mol. The van der Waals surface area contributed by atoms with Crippen molar-refractivity contribution in [2.24, 2.45) is 14.1 Å². The molecule has 0 aliphatic carbocycles. The highest BCUT2D eigenvalue weighted by atomic mass is 32.2. The number of carbonyl (C=O) groups is 2. The van der Waals surface area contributed by atoms with Crippen LogP contribution in [0.25, 0.3) is 0 Å². The minimum atomic E-state index is -0.359. The molecule has 0 atom stereocenters. The average Bonchev–Trinajstić information content (AvgIpc) is 3.34. The number of nitrogens with one attached hydrogen (secondary N) is 2. The molecule has 0 bridgehead atoms. The molecule has 13 nitrogen and oxygen atoms in total. The molecular weight excluding hydrogens is 396 g/mol. The van der Waals surface area contributed by atoms with E-state index in [0.29, 0.717) is 10.3 Å². The maximum Gasteiger partial charge on any atom is 0.236 e. The molecule has 142 valence electrons. The van der Waals surface area contributed by atoms with Gasteiger partial charge >= 0.3 is 0 Å². The van der Waals surface area contributed by atoms with Gasteiger partial charge in [-0.05, 0) is 10.3 Å². The SMILES string of the molecule is Cn1cnnc1SCC(=O)Nc1nonc1NC(=O)CSc1nncn1C. The van der Waals surface area contributed by atoms with Gasteiger partial charge in [0.2, 0.25) is 23.5 Å². The van der Waals surface area contributed by atoms with Crippen molar-refractivity contribution in [1.82, 2.24) is 39.8 Å². The number of carbonyl (C=O) groups excluding carboxylic acids is 2. The lowest BCUT2D eigenvalue weighted by Crippen LogP contribution is -2.19. The van der Waals surface area contributed by atoms with Gasteiger partial charge in [-0.15, -0.1) is 20.4 Å². The third-order valence-electron chi connectivity index (χ3n) is 3.01. The predicted octanol–water partition coefficient (Wildman–Crippen LogP) is -0.212. The summed E-state index contributed by atoms with van der Waals surface area (Å²) in [6.07, 6.45) is 3.07. The van der Waals surface area contributed by atoms with Crippen LogP contribution in [0.1, 0.15) is 0 Å². The van der Waals surface area contributed by atoms with E-state index in [2.05, 4.69) is 46.0 Å². The van der Waals surface area contributed by atoms with Crippen molar-refractivity contribution in [3.63, 3.8) is 0 Å². The molecule has 0 saturated heterocycles. The first-order valence-electron chi connectivity index (χ1n) is 7.38. The van der Waals surface area contributed by atoms with E-state index in [9.17, 15) is 9.59 Å². The highest BCUT2D eigenvalue weighted by Gasteiger charge is 2.17. The van der Waals surface area contributed by atoms with E-state index < -0.39 is 0 Å². The van der Waals surface area contributed by atoms with Gasteiger partial charge in [0.25, 0.3) is 0 Å². The molecule has 3 aromatic rings. The smallest absolute Gasteiger partial charge is 0.236 e. The number of rotatable bonds is 8. The largest absolute Gasteiger partial charge is 0.312 e. The van der Waals surface area contributed by atoms with Gasteiger partial charge in [0, 0.05) is 14.1 Å². The molecule has 27 heavy (non-hydrogen) atoms. The second kappa shape index (κ2) is 8.63. The predicted molar refractivity (Wildman–Crippen MR) is 95.0 cm³/mol. The van der Waals surface area contributed by atoms with Crippen LogP contribution in [0.4, 0.5) is 11.6 Å². The van der Waals surface area contributed by atoms with Gasteiger partial charge in [-0.2, -0.15) is 0 Å². The zero-order valence-electron chi connectivity index (χ0n) is 14.2.